The molecule has 0 amide bonds. The van der Waals surface area contributed by atoms with Gasteiger partial charge in [0.2, 0.25) is 0 Å². The summed E-state index contributed by atoms with van der Waals surface area (Å²) < 4.78 is 9.75. The summed E-state index contributed by atoms with van der Waals surface area (Å²) in [6, 6.07) is 22.8. The van der Waals surface area contributed by atoms with Crippen LogP contribution in [0.5, 0.6) is 0 Å². The molecule has 6 rings (SSSR count). The zero-order valence-electron chi connectivity index (χ0n) is 25.0. The normalized spacial score (nSPS) is 14.7. The van der Waals surface area contributed by atoms with Crippen LogP contribution in [0.3, 0.4) is 0 Å². The van der Waals surface area contributed by atoms with Crippen molar-refractivity contribution >= 4 is 40.4 Å². The summed E-state index contributed by atoms with van der Waals surface area (Å²) in [7, 11) is 0. The summed E-state index contributed by atoms with van der Waals surface area (Å²) in [5.74, 6) is -0.503. The Labute approximate surface area is 263 Å². The first-order valence-electron chi connectivity index (χ1n) is 14.3. The Balaban J connectivity index is 1.60. The van der Waals surface area contributed by atoms with Crippen LogP contribution in [0, 0.1) is 39.0 Å². The fourth-order valence-corrected chi connectivity index (χ4v) is 7.89. The van der Waals surface area contributed by atoms with Crippen molar-refractivity contribution in [3.05, 3.63) is 136 Å². The van der Waals surface area contributed by atoms with E-state index in [2.05, 4.69) is 10.6 Å². The number of carbonyl (C=O) groups excluding carboxylic acids is 1. The standard InChI is InChI=1S/C35H30N4O3S2/c1-6-42-34(41)29-30(24-13-9-7-10-14-24)37-35-39(31(29)25-15-11-8-12-16-25)32(40)28(44-35)18-26-17-20(2)38(22(26)4)33-27(19-36)21(3)23(5)43-33/h7-18,31H,6H2,1-5H3/b28-18+/t31-/m0/s1. The summed E-state index contributed by atoms with van der Waals surface area (Å²) in [5.41, 5.74) is 6.59. The zero-order chi connectivity index (χ0) is 31.1. The first kappa shape index (κ1) is 29.3. The van der Waals surface area contributed by atoms with Crippen molar-refractivity contribution in [3.63, 3.8) is 0 Å². The van der Waals surface area contributed by atoms with Crippen molar-refractivity contribution in [1.82, 2.24) is 9.13 Å². The van der Waals surface area contributed by atoms with E-state index >= 15 is 0 Å². The molecule has 0 unspecified atom stereocenters. The third kappa shape index (κ3) is 4.86. The number of hydrogen-bond acceptors (Lipinski definition) is 7. The molecule has 1 aliphatic heterocycles. The first-order chi connectivity index (χ1) is 21.2. The molecule has 0 radical (unpaired) electrons. The van der Waals surface area contributed by atoms with E-state index < -0.39 is 12.0 Å². The maximum atomic E-state index is 14.3. The highest BCUT2D eigenvalue weighted by Crippen LogP contribution is 2.36. The minimum absolute atomic E-state index is 0.197. The predicted octanol–water partition coefficient (Wildman–Crippen LogP) is 5.89. The molecule has 4 heterocycles. The second-order valence-corrected chi connectivity index (χ2v) is 12.8. The van der Waals surface area contributed by atoms with E-state index in [-0.39, 0.29) is 12.2 Å². The van der Waals surface area contributed by atoms with Crippen molar-refractivity contribution in [2.45, 2.75) is 40.7 Å². The predicted molar refractivity (Wildman–Crippen MR) is 175 cm³/mol. The number of hydrogen-bond donors (Lipinski definition) is 0. The van der Waals surface area contributed by atoms with E-state index in [0.29, 0.717) is 26.2 Å². The largest absolute Gasteiger partial charge is 0.463 e. The molecule has 1 aliphatic rings. The van der Waals surface area contributed by atoms with Gasteiger partial charge in [0.05, 0.1) is 34.0 Å². The lowest BCUT2D eigenvalue weighted by Crippen LogP contribution is -2.40. The Kier molecular flexibility index (Phi) is 7.80. The SMILES string of the molecule is CCOC(=O)C1=C(c2ccccc2)N=c2s/c(=C/c3cc(C)n(-c4sc(C)c(C)c4C#N)c3C)c(=O)n2[C@H]1c1ccccc1. The van der Waals surface area contributed by atoms with Gasteiger partial charge in [-0.3, -0.25) is 9.36 Å². The quantitative estimate of drug-likeness (QED) is 0.222. The third-order valence-electron chi connectivity index (χ3n) is 7.93. The number of aryl methyl sites for hydroxylation is 2. The highest BCUT2D eigenvalue weighted by atomic mass is 32.1. The monoisotopic (exact) mass is 618 g/mol. The topological polar surface area (TPSA) is 89.4 Å². The van der Waals surface area contributed by atoms with Crippen LogP contribution < -0.4 is 14.9 Å². The van der Waals surface area contributed by atoms with E-state index in [1.807, 2.05) is 101 Å². The Morgan fingerprint density at radius 1 is 1.05 bits per heavy atom. The molecule has 0 N–H and O–H groups in total. The number of carbonyl (C=O) groups is 1. The van der Waals surface area contributed by atoms with Crippen LogP contribution in [0.25, 0.3) is 16.8 Å². The summed E-state index contributed by atoms with van der Waals surface area (Å²) in [6.45, 7) is 9.97. The van der Waals surface area contributed by atoms with Gasteiger partial charge in [0, 0.05) is 21.8 Å². The van der Waals surface area contributed by atoms with Crippen LogP contribution in [0.1, 0.15) is 57.0 Å². The van der Waals surface area contributed by atoms with E-state index in [9.17, 15) is 14.9 Å². The number of ether oxygens (including phenoxy) is 1. The van der Waals surface area contributed by atoms with Crippen molar-refractivity contribution in [3.8, 4) is 11.1 Å². The van der Waals surface area contributed by atoms with E-state index in [4.69, 9.17) is 9.73 Å². The van der Waals surface area contributed by atoms with Gasteiger partial charge in [-0.1, -0.05) is 72.0 Å². The highest BCUT2D eigenvalue weighted by Gasteiger charge is 2.35. The van der Waals surface area contributed by atoms with Gasteiger partial charge < -0.3 is 9.30 Å². The lowest BCUT2D eigenvalue weighted by atomic mass is 9.93. The van der Waals surface area contributed by atoms with Gasteiger partial charge in [-0.25, -0.2) is 9.79 Å². The van der Waals surface area contributed by atoms with E-state index in [1.165, 1.54) is 11.3 Å². The van der Waals surface area contributed by atoms with Crippen molar-refractivity contribution in [2.75, 3.05) is 6.61 Å². The number of nitrogens with zero attached hydrogens (tertiary/aromatic N) is 4. The van der Waals surface area contributed by atoms with Gasteiger partial charge in [-0.2, -0.15) is 5.26 Å². The van der Waals surface area contributed by atoms with Crippen LogP contribution in [-0.2, 0) is 9.53 Å². The number of esters is 1. The molecule has 220 valence electrons. The molecule has 1 atom stereocenters. The Morgan fingerprint density at radius 3 is 2.39 bits per heavy atom. The summed E-state index contributed by atoms with van der Waals surface area (Å²) in [4.78, 5) is 34.4. The van der Waals surface area contributed by atoms with Crippen LogP contribution in [-0.4, -0.2) is 21.7 Å². The third-order valence-corrected chi connectivity index (χ3v) is 10.1. The number of fused-ring (bicyclic) bond motifs is 1. The average molecular weight is 619 g/mol. The van der Waals surface area contributed by atoms with E-state index in [0.717, 1.165) is 43.5 Å². The van der Waals surface area contributed by atoms with Crippen LogP contribution in [0.15, 0.2) is 82.1 Å². The molecule has 44 heavy (non-hydrogen) atoms. The molecule has 0 aliphatic carbocycles. The van der Waals surface area contributed by atoms with Gasteiger partial charge in [-0.15, -0.1) is 11.3 Å². The fraction of sp³-hybridized carbons (Fsp3) is 0.200. The van der Waals surface area contributed by atoms with Gasteiger partial charge in [-0.05, 0) is 63.5 Å². The summed E-state index contributed by atoms with van der Waals surface area (Å²) >= 11 is 2.89. The molecule has 5 aromatic rings. The summed E-state index contributed by atoms with van der Waals surface area (Å²) in [5, 5.41) is 10.8. The maximum absolute atomic E-state index is 14.3. The van der Waals surface area contributed by atoms with Crippen molar-refractivity contribution in [1.29, 1.82) is 5.26 Å². The number of thiazole rings is 1. The molecule has 3 aromatic heterocycles. The van der Waals surface area contributed by atoms with Crippen LogP contribution in [0.4, 0.5) is 0 Å². The van der Waals surface area contributed by atoms with Crippen LogP contribution in [0.2, 0.25) is 0 Å². The number of aromatic nitrogens is 2. The minimum atomic E-state index is -0.716. The smallest absolute Gasteiger partial charge is 0.338 e. The Bertz CT molecular complexity index is 2180. The van der Waals surface area contributed by atoms with Crippen molar-refractivity contribution < 1.29 is 9.53 Å². The lowest BCUT2D eigenvalue weighted by molar-refractivity contribution is -0.138. The average Bonchev–Trinajstić information content (AvgIpc) is 3.60. The highest BCUT2D eigenvalue weighted by molar-refractivity contribution is 7.15. The fourth-order valence-electron chi connectivity index (χ4n) is 5.68. The molecule has 7 nitrogen and oxygen atoms in total. The number of nitriles is 1. The second-order valence-electron chi connectivity index (χ2n) is 10.6. The molecule has 0 bridgehead atoms. The molecular weight excluding hydrogens is 589 g/mol. The van der Waals surface area contributed by atoms with E-state index in [1.54, 1.807) is 22.8 Å². The first-order valence-corrected chi connectivity index (χ1v) is 15.9. The van der Waals surface area contributed by atoms with Crippen LogP contribution >= 0.6 is 22.7 Å². The molecule has 9 heteroatoms. The Morgan fingerprint density at radius 2 is 1.73 bits per heavy atom. The molecular formula is C35H30N4O3S2. The second kappa shape index (κ2) is 11.7. The number of thiophene rings is 1. The lowest BCUT2D eigenvalue weighted by Gasteiger charge is -2.25. The Hall–Kier alpha value is -4.78. The van der Waals surface area contributed by atoms with Gasteiger partial charge in [0.15, 0.2) is 4.80 Å². The molecule has 0 fully saturated rings. The van der Waals surface area contributed by atoms with Gasteiger partial charge in [0.25, 0.3) is 5.56 Å². The van der Waals surface area contributed by atoms with Gasteiger partial charge in [0.1, 0.15) is 11.1 Å². The zero-order valence-corrected chi connectivity index (χ0v) is 26.7. The molecule has 0 spiro atoms. The summed E-state index contributed by atoms with van der Waals surface area (Å²) in [6.07, 6.45) is 1.89. The number of rotatable bonds is 6. The molecule has 2 aromatic carbocycles. The number of benzene rings is 2. The minimum Gasteiger partial charge on any atom is -0.463 e. The maximum Gasteiger partial charge on any atom is 0.338 e. The molecule has 0 saturated carbocycles. The molecule has 0 saturated heterocycles. The van der Waals surface area contributed by atoms with Crippen molar-refractivity contribution in [2.24, 2.45) is 4.99 Å². The van der Waals surface area contributed by atoms with Gasteiger partial charge >= 0.3 is 5.97 Å².